The quantitative estimate of drug-likeness (QED) is 0.789. The summed E-state index contributed by atoms with van der Waals surface area (Å²) in [5, 5.41) is 3.11. The summed E-state index contributed by atoms with van der Waals surface area (Å²) in [5.41, 5.74) is 0.675. The number of hydrogen-bond donors (Lipinski definition) is 1. The van der Waals surface area contributed by atoms with E-state index in [0.717, 1.165) is 0 Å². The molecule has 0 heterocycles. The van der Waals surface area contributed by atoms with E-state index in [1.165, 1.54) is 12.1 Å². The predicted molar refractivity (Wildman–Crippen MR) is 68.6 cm³/mol. The fourth-order valence-corrected chi connectivity index (χ4v) is 1.67. The van der Waals surface area contributed by atoms with Gasteiger partial charge in [0.2, 0.25) is 0 Å². The van der Waals surface area contributed by atoms with Crippen LogP contribution >= 0.6 is 0 Å². The summed E-state index contributed by atoms with van der Waals surface area (Å²) in [4.78, 5) is 0. The molecule has 0 radical (unpaired) electrons. The maximum Gasteiger partial charge on any atom is 0.128 e. The first-order chi connectivity index (χ1) is 8.41. The lowest BCUT2D eigenvalue weighted by Crippen LogP contribution is -2.25. The highest BCUT2D eigenvalue weighted by molar-refractivity contribution is 5.27. The molecule has 1 unspecified atom stereocenters. The Labute approximate surface area is 107 Å². The van der Waals surface area contributed by atoms with E-state index in [9.17, 15) is 8.78 Å². The van der Waals surface area contributed by atoms with Gasteiger partial charge in [-0.2, -0.15) is 0 Å². The number of ether oxygens (including phenoxy) is 1. The summed E-state index contributed by atoms with van der Waals surface area (Å²) >= 11 is 0. The van der Waals surface area contributed by atoms with Crippen LogP contribution in [-0.4, -0.2) is 19.3 Å². The molecule has 1 aromatic rings. The Bertz CT molecular complexity index is 394. The zero-order valence-corrected chi connectivity index (χ0v) is 11.4. The molecule has 0 aliphatic rings. The minimum absolute atomic E-state index is 0.177. The minimum atomic E-state index is -0.376. The molecule has 4 heteroatoms. The number of aryl methyl sites for hydroxylation is 1. The first-order valence-electron chi connectivity index (χ1n) is 6.22. The van der Waals surface area contributed by atoms with E-state index in [2.05, 4.69) is 5.32 Å². The molecule has 1 rings (SSSR count). The second-order valence-corrected chi connectivity index (χ2v) is 4.72. The summed E-state index contributed by atoms with van der Waals surface area (Å²) in [7, 11) is 0. The molecule has 0 saturated heterocycles. The van der Waals surface area contributed by atoms with Crippen molar-refractivity contribution in [3.05, 3.63) is 34.9 Å². The molecular formula is C14H21F2NO. The van der Waals surface area contributed by atoms with Crippen molar-refractivity contribution < 1.29 is 13.5 Å². The van der Waals surface area contributed by atoms with Crippen molar-refractivity contribution in [1.82, 2.24) is 5.32 Å². The molecule has 18 heavy (non-hydrogen) atoms. The van der Waals surface area contributed by atoms with Crippen molar-refractivity contribution in [2.24, 2.45) is 0 Å². The Morgan fingerprint density at radius 3 is 2.44 bits per heavy atom. The molecule has 0 amide bonds. The fraction of sp³-hybridized carbons (Fsp3) is 0.571. The van der Waals surface area contributed by atoms with Crippen LogP contribution in [0.25, 0.3) is 0 Å². The zero-order valence-electron chi connectivity index (χ0n) is 11.4. The highest BCUT2D eigenvalue weighted by Gasteiger charge is 2.13. The lowest BCUT2D eigenvalue weighted by molar-refractivity contribution is 0.0795. The van der Waals surface area contributed by atoms with Crippen molar-refractivity contribution in [1.29, 1.82) is 0 Å². The molecule has 0 aliphatic heterocycles. The van der Waals surface area contributed by atoms with Crippen LogP contribution in [0.1, 0.15) is 37.9 Å². The highest BCUT2D eigenvalue weighted by atomic mass is 19.1. The molecular weight excluding hydrogens is 236 g/mol. The number of benzene rings is 1. The SMILES string of the molecule is Cc1cc(F)c(C(C)NCCOC(C)C)cc1F. The van der Waals surface area contributed by atoms with Gasteiger partial charge in [-0.05, 0) is 45.4 Å². The number of nitrogens with one attached hydrogen (secondary N) is 1. The molecule has 102 valence electrons. The van der Waals surface area contributed by atoms with E-state index < -0.39 is 0 Å². The van der Waals surface area contributed by atoms with Gasteiger partial charge in [-0.15, -0.1) is 0 Å². The molecule has 1 aromatic carbocycles. The first kappa shape index (κ1) is 15.1. The summed E-state index contributed by atoms with van der Waals surface area (Å²) in [6, 6.07) is 2.25. The standard InChI is InChI=1S/C14H21F2NO/c1-9(2)18-6-5-17-11(4)12-8-13(15)10(3)7-14(12)16/h7-9,11,17H,5-6H2,1-4H3. The molecule has 0 spiro atoms. The van der Waals surface area contributed by atoms with Crippen LogP contribution in [0, 0.1) is 18.6 Å². The van der Waals surface area contributed by atoms with Gasteiger partial charge >= 0.3 is 0 Å². The average molecular weight is 257 g/mol. The molecule has 1 N–H and O–H groups in total. The lowest BCUT2D eigenvalue weighted by Gasteiger charge is -2.16. The van der Waals surface area contributed by atoms with Crippen molar-refractivity contribution in [2.45, 2.75) is 39.8 Å². The molecule has 0 saturated carbocycles. The van der Waals surface area contributed by atoms with Gasteiger partial charge in [-0.25, -0.2) is 8.78 Å². The third-order valence-electron chi connectivity index (χ3n) is 2.75. The lowest BCUT2D eigenvalue weighted by atomic mass is 10.1. The van der Waals surface area contributed by atoms with Gasteiger partial charge in [0, 0.05) is 18.2 Å². The Balaban J connectivity index is 2.56. The molecule has 2 nitrogen and oxygen atoms in total. The third-order valence-corrected chi connectivity index (χ3v) is 2.75. The number of halogens is 2. The fourth-order valence-electron chi connectivity index (χ4n) is 1.67. The zero-order chi connectivity index (χ0) is 13.7. The van der Waals surface area contributed by atoms with Crippen molar-refractivity contribution >= 4 is 0 Å². The Morgan fingerprint density at radius 1 is 1.17 bits per heavy atom. The van der Waals surface area contributed by atoms with Crippen molar-refractivity contribution in [3.8, 4) is 0 Å². The smallest absolute Gasteiger partial charge is 0.128 e. The van der Waals surface area contributed by atoms with Crippen LogP contribution in [-0.2, 0) is 4.74 Å². The maximum absolute atomic E-state index is 13.7. The first-order valence-corrected chi connectivity index (χ1v) is 6.22. The van der Waals surface area contributed by atoms with E-state index in [1.54, 1.807) is 6.92 Å². The monoisotopic (exact) mass is 257 g/mol. The van der Waals surface area contributed by atoms with Gasteiger partial charge < -0.3 is 10.1 Å². The molecule has 0 aromatic heterocycles. The highest BCUT2D eigenvalue weighted by Crippen LogP contribution is 2.20. The average Bonchev–Trinajstić information content (AvgIpc) is 2.28. The van der Waals surface area contributed by atoms with Gasteiger partial charge in [0.15, 0.2) is 0 Å². The summed E-state index contributed by atoms with van der Waals surface area (Å²) in [5.74, 6) is -0.753. The Kier molecular flexibility index (Phi) is 5.69. The topological polar surface area (TPSA) is 21.3 Å². The normalized spacial score (nSPS) is 13.1. The number of hydrogen-bond acceptors (Lipinski definition) is 2. The number of rotatable bonds is 6. The van der Waals surface area contributed by atoms with Gasteiger partial charge in [0.05, 0.1) is 12.7 Å². The van der Waals surface area contributed by atoms with E-state index in [4.69, 9.17) is 4.74 Å². The van der Waals surface area contributed by atoms with E-state index in [0.29, 0.717) is 24.3 Å². The van der Waals surface area contributed by atoms with Gasteiger partial charge in [0.1, 0.15) is 11.6 Å². The summed E-state index contributed by atoms with van der Waals surface area (Å²) in [6.45, 7) is 8.43. The molecule has 0 bridgehead atoms. The van der Waals surface area contributed by atoms with Crippen LogP contribution < -0.4 is 5.32 Å². The maximum atomic E-state index is 13.7. The third kappa shape index (κ3) is 4.35. The van der Waals surface area contributed by atoms with Gasteiger partial charge in [0.25, 0.3) is 0 Å². The van der Waals surface area contributed by atoms with Crippen LogP contribution in [0.4, 0.5) is 8.78 Å². The van der Waals surface area contributed by atoms with Crippen molar-refractivity contribution in [2.75, 3.05) is 13.2 Å². The van der Waals surface area contributed by atoms with Gasteiger partial charge in [-0.3, -0.25) is 0 Å². The van der Waals surface area contributed by atoms with E-state index in [-0.39, 0.29) is 23.8 Å². The van der Waals surface area contributed by atoms with E-state index in [1.807, 2.05) is 20.8 Å². The molecule has 0 aliphatic carbocycles. The van der Waals surface area contributed by atoms with Crippen molar-refractivity contribution in [3.63, 3.8) is 0 Å². The van der Waals surface area contributed by atoms with Crippen LogP contribution in [0.5, 0.6) is 0 Å². The Hall–Kier alpha value is -1.00. The Morgan fingerprint density at radius 2 is 1.83 bits per heavy atom. The summed E-state index contributed by atoms with van der Waals surface area (Å²) in [6.07, 6.45) is 0.177. The summed E-state index contributed by atoms with van der Waals surface area (Å²) < 4.78 is 32.4. The second-order valence-electron chi connectivity index (χ2n) is 4.72. The van der Waals surface area contributed by atoms with Crippen LogP contribution in [0.2, 0.25) is 0 Å². The predicted octanol–water partition coefficient (Wildman–Crippen LogP) is 3.35. The molecule has 1 atom stereocenters. The molecule has 0 fully saturated rings. The minimum Gasteiger partial charge on any atom is -0.377 e. The van der Waals surface area contributed by atoms with Crippen LogP contribution in [0.15, 0.2) is 12.1 Å². The van der Waals surface area contributed by atoms with Crippen LogP contribution in [0.3, 0.4) is 0 Å². The van der Waals surface area contributed by atoms with E-state index >= 15 is 0 Å². The second kappa shape index (κ2) is 6.81. The largest absolute Gasteiger partial charge is 0.377 e. The van der Waals surface area contributed by atoms with Gasteiger partial charge in [-0.1, -0.05) is 0 Å².